The maximum absolute atomic E-state index is 8.39. The Hall–Kier alpha value is -1.33. The third-order valence-corrected chi connectivity index (χ3v) is 2.49. The zero-order valence-electron chi connectivity index (χ0n) is 8.02. The molecule has 1 aromatic rings. The minimum atomic E-state index is 0.287. The second-order valence-corrected chi connectivity index (χ2v) is 3.56. The normalized spacial score (nSPS) is 24.2. The Balaban J connectivity index is 1.80. The third-order valence-electron chi connectivity index (χ3n) is 2.49. The van der Waals surface area contributed by atoms with Crippen LogP contribution in [0.3, 0.4) is 0 Å². The molecule has 2 atom stereocenters. The van der Waals surface area contributed by atoms with Gasteiger partial charge >= 0.3 is 0 Å². The molecule has 0 saturated carbocycles. The van der Waals surface area contributed by atoms with Crippen LogP contribution in [0.2, 0.25) is 0 Å². The van der Waals surface area contributed by atoms with Crippen molar-refractivity contribution in [2.45, 2.75) is 31.5 Å². The second-order valence-electron chi connectivity index (χ2n) is 3.56. The standard InChI is InChI=1S/C12H13NO/c13-9-5-4-8-11-12(14-11)10-6-2-1-3-7-10/h1-3,6-7,11-12H,4-5,8H2. The summed E-state index contributed by atoms with van der Waals surface area (Å²) in [6.07, 6.45) is 3.24. The number of nitriles is 1. The van der Waals surface area contributed by atoms with Crippen LogP contribution in [0, 0.1) is 11.3 Å². The smallest absolute Gasteiger partial charge is 0.109 e. The van der Waals surface area contributed by atoms with E-state index in [1.807, 2.05) is 18.2 Å². The average molecular weight is 187 g/mol. The Bertz CT molecular complexity index is 328. The highest BCUT2D eigenvalue weighted by atomic mass is 16.6. The van der Waals surface area contributed by atoms with Crippen molar-refractivity contribution in [3.05, 3.63) is 35.9 Å². The van der Waals surface area contributed by atoms with Crippen molar-refractivity contribution in [1.29, 1.82) is 5.26 Å². The van der Waals surface area contributed by atoms with Crippen molar-refractivity contribution in [2.75, 3.05) is 0 Å². The van der Waals surface area contributed by atoms with Gasteiger partial charge in [-0.2, -0.15) is 5.26 Å². The number of benzene rings is 1. The number of unbranched alkanes of at least 4 members (excludes halogenated alkanes) is 1. The maximum atomic E-state index is 8.39. The highest BCUT2D eigenvalue weighted by Gasteiger charge is 2.38. The van der Waals surface area contributed by atoms with E-state index in [-0.39, 0.29) is 6.10 Å². The molecule has 0 aromatic heterocycles. The molecule has 1 heterocycles. The highest BCUT2D eigenvalue weighted by molar-refractivity contribution is 5.22. The van der Waals surface area contributed by atoms with Gasteiger partial charge in [0.15, 0.2) is 0 Å². The van der Waals surface area contributed by atoms with Crippen LogP contribution in [0.4, 0.5) is 0 Å². The van der Waals surface area contributed by atoms with E-state index in [1.165, 1.54) is 5.56 Å². The quantitative estimate of drug-likeness (QED) is 0.536. The molecule has 14 heavy (non-hydrogen) atoms. The van der Waals surface area contributed by atoms with E-state index >= 15 is 0 Å². The topological polar surface area (TPSA) is 36.3 Å². The van der Waals surface area contributed by atoms with Gasteiger partial charge in [-0.1, -0.05) is 30.3 Å². The third kappa shape index (κ3) is 2.12. The Morgan fingerprint density at radius 2 is 2.07 bits per heavy atom. The van der Waals surface area contributed by atoms with Gasteiger partial charge in [0, 0.05) is 6.42 Å². The maximum Gasteiger partial charge on any atom is 0.109 e. The Morgan fingerprint density at radius 3 is 2.79 bits per heavy atom. The van der Waals surface area contributed by atoms with Gasteiger partial charge in [-0.25, -0.2) is 0 Å². The molecule has 1 saturated heterocycles. The van der Waals surface area contributed by atoms with E-state index in [0.29, 0.717) is 12.5 Å². The molecule has 2 heteroatoms. The van der Waals surface area contributed by atoms with Crippen LogP contribution >= 0.6 is 0 Å². The van der Waals surface area contributed by atoms with Crippen molar-refractivity contribution in [3.63, 3.8) is 0 Å². The zero-order chi connectivity index (χ0) is 9.80. The molecule has 2 nitrogen and oxygen atoms in total. The predicted octanol–water partition coefficient (Wildman–Crippen LogP) is 2.82. The van der Waals surface area contributed by atoms with Crippen LogP contribution < -0.4 is 0 Å². The summed E-state index contributed by atoms with van der Waals surface area (Å²) in [5.41, 5.74) is 1.26. The van der Waals surface area contributed by atoms with Gasteiger partial charge in [0.05, 0.1) is 12.2 Å². The molecule has 0 spiro atoms. The lowest BCUT2D eigenvalue weighted by atomic mass is 10.1. The molecule has 1 aliphatic rings. The number of rotatable bonds is 4. The fourth-order valence-electron chi connectivity index (χ4n) is 1.68. The number of nitrogens with zero attached hydrogens (tertiary/aromatic N) is 1. The molecule has 0 radical (unpaired) electrons. The first kappa shape index (κ1) is 9.23. The molecule has 1 aliphatic heterocycles. The van der Waals surface area contributed by atoms with Crippen LogP contribution in [-0.4, -0.2) is 6.10 Å². The number of hydrogen-bond donors (Lipinski definition) is 0. The van der Waals surface area contributed by atoms with Crippen molar-refractivity contribution < 1.29 is 4.74 Å². The number of hydrogen-bond acceptors (Lipinski definition) is 2. The van der Waals surface area contributed by atoms with Gasteiger partial charge in [-0.15, -0.1) is 0 Å². The summed E-state index contributed by atoms with van der Waals surface area (Å²) in [6, 6.07) is 12.4. The Morgan fingerprint density at radius 1 is 1.29 bits per heavy atom. The lowest BCUT2D eigenvalue weighted by Crippen LogP contribution is -1.88. The van der Waals surface area contributed by atoms with Crippen LogP contribution in [0.15, 0.2) is 30.3 Å². The highest BCUT2D eigenvalue weighted by Crippen LogP contribution is 2.41. The summed E-state index contributed by atoms with van der Waals surface area (Å²) in [7, 11) is 0. The SMILES string of the molecule is N#CCCCC1OC1c1ccccc1. The van der Waals surface area contributed by atoms with E-state index in [9.17, 15) is 0 Å². The van der Waals surface area contributed by atoms with Crippen molar-refractivity contribution in [2.24, 2.45) is 0 Å². The molecule has 0 amide bonds. The molecule has 2 unspecified atom stereocenters. The summed E-state index contributed by atoms with van der Waals surface area (Å²) in [5, 5.41) is 8.39. The Kier molecular flexibility index (Phi) is 2.81. The van der Waals surface area contributed by atoms with Crippen molar-refractivity contribution >= 4 is 0 Å². The van der Waals surface area contributed by atoms with E-state index in [1.54, 1.807) is 0 Å². The zero-order valence-corrected chi connectivity index (χ0v) is 8.02. The first-order valence-electron chi connectivity index (χ1n) is 4.99. The largest absolute Gasteiger partial charge is 0.365 e. The first-order valence-corrected chi connectivity index (χ1v) is 4.99. The molecule has 1 aromatic carbocycles. The monoisotopic (exact) mass is 187 g/mol. The molecule has 0 bridgehead atoms. The Labute approximate surface area is 84.1 Å². The van der Waals surface area contributed by atoms with E-state index in [0.717, 1.165) is 12.8 Å². The van der Waals surface area contributed by atoms with Gasteiger partial charge in [-0.3, -0.25) is 0 Å². The fraction of sp³-hybridized carbons (Fsp3) is 0.417. The van der Waals surface area contributed by atoms with Crippen molar-refractivity contribution in [3.8, 4) is 6.07 Å². The summed E-state index contributed by atoms with van der Waals surface area (Å²) in [6.45, 7) is 0. The second kappa shape index (κ2) is 4.26. The van der Waals surface area contributed by atoms with Crippen LogP contribution in [0.25, 0.3) is 0 Å². The molecular weight excluding hydrogens is 174 g/mol. The van der Waals surface area contributed by atoms with Gasteiger partial charge < -0.3 is 4.74 Å². The summed E-state index contributed by atoms with van der Waals surface area (Å²) in [4.78, 5) is 0. The molecule has 72 valence electrons. The lowest BCUT2D eigenvalue weighted by molar-refractivity contribution is 0.363. The molecule has 0 aliphatic carbocycles. The summed E-state index contributed by atoms with van der Waals surface area (Å²) in [5.74, 6) is 0. The molecule has 2 rings (SSSR count). The average Bonchev–Trinajstić information content (AvgIpc) is 2.99. The molecule has 0 N–H and O–H groups in total. The fourth-order valence-corrected chi connectivity index (χ4v) is 1.68. The minimum Gasteiger partial charge on any atom is -0.365 e. The van der Waals surface area contributed by atoms with Gasteiger partial charge in [0.1, 0.15) is 6.10 Å². The molecule has 1 fully saturated rings. The van der Waals surface area contributed by atoms with Crippen LogP contribution in [0.5, 0.6) is 0 Å². The van der Waals surface area contributed by atoms with Crippen LogP contribution in [0.1, 0.15) is 30.9 Å². The van der Waals surface area contributed by atoms with E-state index in [2.05, 4.69) is 18.2 Å². The van der Waals surface area contributed by atoms with Crippen molar-refractivity contribution in [1.82, 2.24) is 0 Å². The molecular formula is C12H13NO. The van der Waals surface area contributed by atoms with E-state index < -0.39 is 0 Å². The number of epoxide rings is 1. The van der Waals surface area contributed by atoms with Crippen LogP contribution in [-0.2, 0) is 4.74 Å². The summed E-state index contributed by atoms with van der Waals surface area (Å²) < 4.78 is 5.54. The van der Waals surface area contributed by atoms with E-state index in [4.69, 9.17) is 10.00 Å². The minimum absolute atomic E-state index is 0.287. The first-order chi connectivity index (χ1) is 6.92. The summed E-state index contributed by atoms with van der Waals surface area (Å²) >= 11 is 0. The van der Waals surface area contributed by atoms with Gasteiger partial charge in [0.2, 0.25) is 0 Å². The predicted molar refractivity (Wildman–Crippen MR) is 53.5 cm³/mol. The lowest BCUT2D eigenvalue weighted by Gasteiger charge is -1.93. The number of ether oxygens (including phenoxy) is 1. The van der Waals surface area contributed by atoms with Gasteiger partial charge in [-0.05, 0) is 18.4 Å². The van der Waals surface area contributed by atoms with Gasteiger partial charge in [0.25, 0.3) is 0 Å².